The van der Waals surface area contributed by atoms with Crippen molar-refractivity contribution in [2.24, 2.45) is 0 Å². The van der Waals surface area contributed by atoms with E-state index >= 15 is 0 Å². The third kappa shape index (κ3) is 3.19. The molecule has 0 spiro atoms. The summed E-state index contributed by atoms with van der Waals surface area (Å²) < 4.78 is 0. The molecule has 1 aromatic heterocycles. The molecule has 7 nitrogen and oxygen atoms in total. The zero-order valence-corrected chi connectivity index (χ0v) is 10.9. The van der Waals surface area contributed by atoms with Crippen molar-refractivity contribution in [2.45, 2.75) is 19.4 Å². The van der Waals surface area contributed by atoms with Gasteiger partial charge in [-0.15, -0.1) is 0 Å². The molecule has 2 aromatic rings. The minimum Gasteiger partial charge on any atom is -0.347 e. The zero-order chi connectivity index (χ0) is 14.5. The molecule has 20 heavy (non-hydrogen) atoms. The minimum absolute atomic E-state index is 0.0395. The van der Waals surface area contributed by atoms with Gasteiger partial charge in [-0.25, -0.2) is 4.98 Å². The molecule has 0 saturated carbocycles. The number of hydrogen-bond donors (Lipinski definition) is 2. The summed E-state index contributed by atoms with van der Waals surface area (Å²) in [5, 5.41) is 13.6. The van der Waals surface area contributed by atoms with E-state index in [-0.39, 0.29) is 24.1 Å². The van der Waals surface area contributed by atoms with Gasteiger partial charge >= 0.3 is 0 Å². The van der Waals surface area contributed by atoms with Crippen LogP contribution in [0, 0.1) is 10.1 Å². The summed E-state index contributed by atoms with van der Waals surface area (Å²) in [7, 11) is 0. The van der Waals surface area contributed by atoms with Crippen LogP contribution in [0.25, 0.3) is 0 Å². The fraction of sp³-hybridized carbons (Fsp3) is 0.231. The highest BCUT2D eigenvalue weighted by atomic mass is 16.6. The quantitative estimate of drug-likeness (QED) is 0.640. The predicted molar refractivity (Wildman–Crippen MR) is 71.9 cm³/mol. The SMILES string of the molecule is CC(NC(=O)Cc1ccccc1[N+](=O)[O-])c1ncc[nH]1. The minimum atomic E-state index is -0.488. The van der Waals surface area contributed by atoms with E-state index in [2.05, 4.69) is 15.3 Å². The number of nitro groups is 1. The van der Waals surface area contributed by atoms with Crippen LogP contribution in [-0.2, 0) is 11.2 Å². The van der Waals surface area contributed by atoms with Crippen LogP contribution in [-0.4, -0.2) is 20.8 Å². The van der Waals surface area contributed by atoms with E-state index < -0.39 is 4.92 Å². The van der Waals surface area contributed by atoms with E-state index in [0.29, 0.717) is 11.4 Å². The Labute approximate surface area is 115 Å². The van der Waals surface area contributed by atoms with E-state index in [1.54, 1.807) is 37.5 Å². The van der Waals surface area contributed by atoms with Crippen molar-refractivity contribution in [3.8, 4) is 0 Å². The van der Waals surface area contributed by atoms with Crippen LogP contribution in [0.2, 0.25) is 0 Å². The molecule has 1 unspecified atom stereocenters. The lowest BCUT2D eigenvalue weighted by molar-refractivity contribution is -0.385. The average Bonchev–Trinajstić information content (AvgIpc) is 2.92. The molecular weight excluding hydrogens is 260 g/mol. The number of rotatable bonds is 5. The van der Waals surface area contributed by atoms with Crippen molar-refractivity contribution in [3.63, 3.8) is 0 Å². The van der Waals surface area contributed by atoms with Gasteiger partial charge in [0.2, 0.25) is 5.91 Å². The first-order chi connectivity index (χ1) is 9.58. The molecule has 0 saturated heterocycles. The molecule has 1 atom stereocenters. The maximum atomic E-state index is 11.9. The van der Waals surface area contributed by atoms with Gasteiger partial charge in [-0.05, 0) is 6.92 Å². The number of para-hydroxylation sites is 1. The fourth-order valence-electron chi connectivity index (χ4n) is 1.89. The van der Waals surface area contributed by atoms with Crippen LogP contribution in [0.4, 0.5) is 5.69 Å². The molecule has 0 bridgehead atoms. The van der Waals surface area contributed by atoms with Gasteiger partial charge in [0.15, 0.2) is 0 Å². The smallest absolute Gasteiger partial charge is 0.273 e. The van der Waals surface area contributed by atoms with Crippen LogP contribution in [0.3, 0.4) is 0 Å². The Balaban J connectivity index is 2.03. The number of aromatic nitrogens is 2. The summed E-state index contributed by atoms with van der Waals surface area (Å²) in [6, 6.07) is 5.94. The number of imidazole rings is 1. The third-order valence-electron chi connectivity index (χ3n) is 2.85. The second kappa shape index (κ2) is 5.96. The summed E-state index contributed by atoms with van der Waals surface area (Å²) in [5.74, 6) is 0.351. The third-order valence-corrected chi connectivity index (χ3v) is 2.85. The molecule has 2 rings (SSSR count). The van der Waals surface area contributed by atoms with Crippen molar-refractivity contribution in [1.82, 2.24) is 15.3 Å². The van der Waals surface area contributed by atoms with Crippen molar-refractivity contribution in [1.29, 1.82) is 0 Å². The summed E-state index contributed by atoms with van der Waals surface area (Å²) in [5.41, 5.74) is 0.343. The maximum Gasteiger partial charge on any atom is 0.273 e. The summed E-state index contributed by atoms with van der Waals surface area (Å²) >= 11 is 0. The Bertz CT molecular complexity index is 610. The van der Waals surface area contributed by atoms with E-state index in [9.17, 15) is 14.9 Å². The number of nitro benzene ring substituents is 1. The molecule has 1 aromatic carbocycles. The molecule has 0 radical (unpaired) electrons. The molecule has 2 N–H and O–H groups in total. The van der Waals surface area contributed by atoms with Gasteiger partial charge < -0.3 is 10.3 Å². The molecule has 7 heteroatoms. The number of carbonyl (C=O) groups is 1. The average molecular weight is 274 g/mol. The van der Waals surface area contributed by atoms with Crippen molar-refractivity contribution < 1.29 is 9.72 Å². The number of aromatic amines is 1. The van der Waals surface area contributed by atoms with Crippen molar-refractivity contribution in [2.75, 3.05) is 0 Å². The highest BCUT2D eigenvalue weighted by molar-refractivity contribution is 5.80. The Morgan fingerprint density at radius 1 is 1.50 bits per heavy atom. The highest BCUT2D eigenvalue weighted by Gasteiger charge is 2.17. The molecule has 1 heterocycles. The second-order valence-electron chi connectivity index (χ2n) is 4.33. The fourth-order valence-corrected chi connectivity index (χ4v) is 1.89. The van der Waals surface area contributed by atoms with Gasteiger partial charge in [-0.3, -0.25) is 14.9 Å². The Hall–Kier alpha value is -2.70. The molecule has 0 aliphatic rings. The standard InChI is InChI=1S/C13H14N4O3/c1-9(13-14-6-7-15-13)16-12(18)8-10-4-2-3-5-11(10)17(19)20/h2-7,9H,8H2,1H3,(H,14,15)(H,16,18). The van der Waals surface area contributed by atoms with Crippen LogP contribution in [0.5, 0.6) is 0 Å². The van der Waals surface area contributed by atoms with E-state index in [1.807, 2.05) is 0 Å². The Morgan fingerprint density at radius 3 is 2.90 bits per heavy atom. The molecule has 104 valence electrons. The lowest BCUT2D eigenvalue weighted by Gasteiger charge is -2.11. The van der Waals surface area contributed by atoms with Gasteiger partial charge in [0.1, 0.15) is 5.82 Å². The van der Waals surface area contributed by atoms with Crippen molar-refractivity contribution in [3.05, 3.63) is 58.2 Å². The first-order valence-electron chi connectivity index (χ1n) is 6.09. The number of nitrogens with zero attached hydrogens (tertiary/aromatic N) is 2. The zero-order valence-electron chi connectivity index (χ0n) is 10.9. The van der Waals surface area contributed by atoms with Gasteiger partial charge in [-0.1, -0.05) is 18.2 Å². The molecule has 1 amide bonds. The number of hydrogen-bond acceptors (Lipinski definition) is 4. The maximum absolute atomic E-state index is 11.9. The van der Waals surface area contributed by atoms with Crippen molar-refractivity contribution >= 4 is 11.6 Å². The predicted octanol–water partition coefficient (Wildman–Crippen LogP) is 1.74. The van der Waals surface area contributed by atoms with E-state index in [0.717, 1.165) is 0 Å². The Morgan fingerprint density at radius 2 is 2.25 bits per heavy atom. The Kier molecular flexibility index (Phi) is 4.09. The highest BCUT2D eigenvalue weighted by Crippen LogP contribution is 2.18. The van der Waals surface area contributed by atoms with Gasteiger partial charge in [0.25, 0.3) is 5.69 Å². The molecule has 0 fully saturated rings. The number of amides is 1. The van der Waals surface area contributed by atoms with Crippen LogP contribution < -0.4 is 5.32 Å². The molecule has 0 aliphatic heterocycles. The monoisotopic (exact) mass is 274 g/mol. The van der Waals surface area contributed by atoms with Gasteiger partial charge in [0, 0.05) is 24.0 Å². The van der Waals surface area contributed by atoms with Crippen LogP contribution >= 0.6 is 0 Å². The first kappa shape index (κ1) is 13.7. The summed E-state index contributed by atoms with van der Waals surface area (Å²) in [6.07, 6.45) is 3.22. The first-order valence-corrected chi connectivity index (χ1v) is 6.09. The van der Waals surface area contributed by atoms with E-state index in [4.69, 9.17) is 0 Å². The van der Waals surface area contributed by atoms with Gasteiger partial charge in [-0.2, -0.15) is 0 Å². The van der Waals surface area contributed by atoms with Crippen LogP contribution in [0.1, 0.15) is 24.4 Å². The van der Waals surface area contributed by atoms with E-state index in [1.165, 1.54) is 6.07 Å². The summed E-state index contributed by atoms with van der Waals surface area (Å²) in [6.45, 7) is 1.79. The lowest BCUT2D eigenvalue weighted by Crippen LogP contribution is -2.28. The lowest BCUT2D eigenvalue weighted by atomic mass is 10.1. The number of nitrogens with one attached hydrogen (secondary N) is 2. The number of H-pyrrole nitrogens is 1. The molecular formula is C13H14N4O3. The summed E-state index contributed by atoms with van der Waals surface area (Å²) in [4.78, 5) is 29.2. The molecule has 0 aliphatic carbocycles. The largest absolute Gasteiger partial charge is 0.347 e. The topological polar surface area (TPSA) is 101 Å². The van der Waals surface area contributed by atoms with Gasteiger partial charge in [0.05, 0.1) is 17.4 Å². The van der Waals surface area contributed by atoms with Crippen LogP contribution in [0.15, 0.2) is 36.7 Å². The number of benzene rings is 1. The normalized spacial score (nSPS) is 11.8. The second-order valence-corrected chi connectivity index (χ2v) is 4.33. The number of carbonyl (C=O) groups excluding carboxylic acids is 1.